The first kappa shape index (κ1) is 8.90. The van der Waals surface area contributed by atoms with Gasteiger partial charge < -0.3 is 0 Å². The van der Waals surface area contributed by atoms with E-state index in [2.05, 4.69) is 60.7 Å². The molecule has 1 heteroatoms. The van der Waals surface area contributed by atoms with Gasteiger partial charge in [0.15, 0.2) is 0 Å². The van der Waals surface area contributed by atoms with E-state index in [0.717, 1.165) is 0 Å². The van der Waals surface area contributed by atoms with Crippen molar-refractivity contribution >= 4 is 29.8 Å². The molecule has 0 spiro atoms. The Morgan fingerprint density at radius 2 is 0.923 bits per heavy atom. The summed E-state index contributed by atoms with van der Waals surface area (Å²) in [6.45, 7) is 0. The summed E-state index contributed by atoms with van der Waals surface area (Å²) in [6, 6.07) is 21.6. The van der Waals surface area contributed by atoms with Crippen LogP contribution in [0, 0.1) is 0 Å². The van der Waals surface area contributed by atoms with Crippen molar-refractivity contribution in [3.05, 3.63) is 60.7 Å². The van der Waals surface area contributed by atoms with E-state index in [1.165, 1.54) is 0 Å². The molecule has 0 heterocycles. The van der Waals surface area contributed by atoms with Crippen LogP contribution in [-0.2, 0) is 0 Å². The second-order valence-electron chi connectivity index (χ2n) is 2.78. The summed E-state index contributed by atoms with van der Waals surface area (Å²) in [5.74, 6) is 0. The zero-order chi connectivity index (χ0) is 8.93. The van der Waals surface area contributed by atoms with Crippen molar-refractivity contribution < 1.29 is 0 Å². The Balaban J connectivity index is 2.16. The molecule has 2 radical (unpaired) electrons. The Morgan fingerprint density at radius 1 is 0.538 bits per heavy atom. The van der Waals surface area contributed by atoms with Crippen molar-refractivity contribution in [2.45, 2.75) is 0 Å². The second kappa shape index (κ2) is 4.53. The third kappa shape index (κ3) is 2.64. The summed E-state index contributed by atoms with van der Waals surface area (Å²) in [7, 11) is 0. The van der Waals surface area contributed by atoms with Gasteiger partial charge in [0.25, 0.3) is 0 Å². The molecular weight excluding hydrogens is 353 g/mol. The molecule has 0 aromatic heterocycles. The molecule has 2 aromatic carbocycles. The van der Waals surface area contributed by atoms with Gasteiger partial charge in [0.05, 0.1) is 0 Å². The van der Waals surface area contributed by atoms with Gasteiger partial charge in [-0.25, -0.2) is 0 Å². The molecule has 0 N–H and O–H groups in total. The average molecular weight is 363 g/mol. The van der Waals surface area contributed by atoms with Gasteiger partial charge in [-0.3, -0.25) is 0 Å². The van der Waals surface area contributed by atoms with Gasteiger partial charge in [-0.1, -0.05) is 0 Å². The van der Waals surface area contributed by atoms with E-state index >= 15 is 0 Å². The molecule has 62 valence electrons. The van der Waals surface area contributed by atoms with Crippen LogP contribution in [0.15, 0.2) is 60.7 Å². The van der Waals surface area contributed by atoms with Crippen LogP contribution in [0.4, 0.5) is 0 Å². The second-order valence-corrected chi connectivity index (χ2v) is 7.67. The van der Waals surface area contributed by atoms with Crippen LogP contribution in [-0.4, -0.2) is 23.2 Å². The molecule has 0 saturated heterocycles. The third-order valence-electron chi connectivity index (χ3n) is 1.77. The monoisotopic (exact) mass is 363 g/mol. The van der Waals surface area contributed by atoms with E-state index in [9.17, 15) is 0 Å². The normalized spacial score (nSPS) is 9.85. The van der Waals surface area contributed by atoms with Crippen LogP contribution in [0.25, 0.3) is 0 Å². The molecule has 13 heavy (non-hydrogen) atoms. The molecule has 0 aliphatic heterocycles. The summed E-state index contributed by atoms with van der Waals surface area (Å²) in [5, 5.41) is 0. The average Bonchev–Trinajstić information content (AvgIpc) is 2.21. The first-order valence-corrected chi connectivity index (χ1v) is 7.75. The van der Waals surface area contributed by atoms with E-state index in [4.69, 9.17) is 0 Å². The standard InChI is InChI=1S/2C6H5.Bi/c2*1-2-4-6-5-3-1;/h2*1-5H;/q;;+1. The first-order chi connectivity index (χ1) is 6.45. The van der Waals surface area contributed by atoms with Crippen molar-refractivity contribution in [1.82, 2.24) is 0 Å². The zero-order valence-electron chi connectivity index (χ0n) is 7.22. The van der Waals surface area contributed by atoms with Crippen molar-refractivity contribution in [3.8, 4) is 0 Å². The zero-order valence-corrected chi connectivity index (χ0v) is 10.7. The fourth-order valence-corrected chi connectivity index (χ4v) is 4.81. The molecule has 0 amide bonds. The topological polar surface area (TPSA) is 0 Å². The molecule has 0 nitrogen and oxygen atoms in total. The molecule has 2 aromatic rings. The summed E-state index contributed by atoms with van der Waals surface area (Å²) in [5.41, 5.74) is 0. The Kier molecular flexibility index (Phi) is 3.10. The van der Waals surface area contributed by atoms with Crippen LogP contribution in [0.3, 0.4) is 0 Å². The van der Waals surface area contributed by atoms with Crippen LogP contribution in [0.1, 0.15) is 0 Å². The van der Waals surface area contributed by atoms with Crippen molar-refractivity contribution in [1.29, 1.82) is 0 Å². The van der Waals surface area contributed by atoms with E-state index < -0.39 is 23.2 Å². The van der Waals surface area contributed by atoms with E-state index in [1.54, 1.807) is 6.54 Å². The summed E-state index contributed by atoms with van der Waals surface area (Å²) in [6.07, 6.45) is 0. The Morgan fingerprint density at radius 3 is 1.31 bits per heavy atom. The van der Waals surface area contributed by atoms with Gasteiger partial charge in [-0.2, -0.15) is 0 Å². The SMILES string of the molecule is c1cc[c]([Bi+][c]2ccccc2)cc1. The maximum atomic E-state index is 2.24. The summed E-state index contributed by atoms with van der Waals surface area (Å²) < 4.78 is 3.10. The van der Waals surface area contributed by atoms with Crippen molar-refractivity contribution in [3.63, 3.8) is 0 Å². The van der Waals surface area contributed by atoms with Crippen LogP contribution >= 0.6 is 0 Å². The first-order valence-electron chi connectivity index (χ1n) is 4.27. The van der Waals surface area contributed by atoms with Gasteiger partial charge in [-0.15, -0.1) is 0 Å². The fourth-order valence-electron chi connectivity index (χ4n) is 1.15. The molecule has 0 unspecified atom stereocenters. The summed E-state index contributed by atoms with van der Waals surface area (Å²) in [4.78, 5) is 0. The summed E-state index contributed by atoms with van der Waals surface area (Å²) >= 11 is -0.613. The van der Waals surface area contributed by atoms with Crippen molar-refractivity contribution in [2.24, 2.45) is 0 Å². The predicted octanol–water partition coefficient (Wildman–Crippen LogP) is 1.34. The minimum absolute atomic E-state index is 0.613. The Bertz CT molecular complexity index is 316. The van der Waals surface area contributed by atoms with Crippen LogP contribution in [0.5, 0.6) is 0 Å². The predicted molar refractivity (Wildman–Crippen MR) is 57.9 cm³/mol. The molecule has 0 atom stereocenters. The number of rotatable bonds is 2. The van der Waals surface area contributed by atoms with Gasteiger partial charge in [0, 0.05) is 0 Å². The van der Waals surface area contributed by atoms with E-state index in [1.807, 2.05) is 0 Å². The Labute approximate surface area is 90.2 Å². The van der Waals surface area contributed by atoms with Gasteiger partial charge in [0.1, 0.15) is 0 Å². The molecular formula is C12H10Bi+. The van der Waals surface area contributed by atoms with Crippen molar-refractivity contribution in [2.75, 3.05) is 0 Å². The van der Waals surface area contributed by atoms with E-state index in [-0.39, 0.29) is 0 Å². The molecule has 0 saturated carbocycles. The van der Waals surface area contributed by atoms with Crippen LogP contribution in [0.2, 0.25) is 0 Å². The fraction of sp³-hybridized carbons (Fsp3) is 0. The van der Waals surface area contributed by atoms with E-state index in [0.29, 0.717) is 0 Å². The molecule has 2 rings (SSSR count). The minimum atomic E-state index is -0.613. The number of hydrogen-bond acceptors (Lipinski definition) is 0. The third-order valence-corrected chi connectivity index (χ3v) is 6.10. The van der Waals surface area contributed by atoms with Gasteiger partial charge >= 0.3 is 90.4 Å². The van der Waals surface area contributed by atoms with Gasteiger partial charge in [0.2, 0.25) is 0 Å². The molecule has 0 aliphatic carbocycles. The maximum absolute atomic E-state index is 2.24. The Hall–Kier alpha value is -0.677. The number of hydrogen-bond donors (Lipinski definition) is 0. The van der Waals surface area contributed by atoms with Crippen LogP contribution < -0.4 is 6.54 Å². The number of benzene rings is 2. The molecule has 0 fully saturated rings. The molecule has 0 aliphatic rings. The molecule has 0 bridgehead atoms. The van der Waals surface area contributed by atoms with Gasteiger partial charge in [-0.05, 0) is 0 Å². The quantitative estimate of drug-likeness (QED) is 0.707.